The van der Waals surface area contributed by atoms with Gasteiger partial charge in [-0.05, 0) is 24.3 Å². The zero-order valence-electron chi connectivity index (χ0n) is 13.4. The smallest absolute Gasteiger partial charge is 0.342 e. The fraction of sp³-hybridized carbons (Fsp3) is 0.222. The van der Waals surface area contributed by atoms with E-state index in [2.05, 4.69) is 5.32 Å². The fourth-order valence-corrected chi connectivity index (χ4v) is 1.95. The predicted molar refractivity (Wildman–Crippen MR) is 88.2 cm³/mol. The number of carbonyl (C=O) groups excluding carboxylic acids is 2. The molecule has 1 amide bonds. The molecular weight excluding hydrogens is 310 g/mol. The first-order valence-electron chi connectivity index (χ1n) is 7.45. The summed E-state index contributed by atoms with van der Waals surface area (Å²) in [4.78, 5) is 23.6. The van der Waals surface area contributed by atoms with Crippen LogP contribution in [0.1, 0.15) is 10.4 Å². The first-order chi connectivity index (χ1) is 11.7. The molecule has 6 nitrogen and oxygen atoms in total. The largest absolute Gasteiger partial charge is 0.496 e. The van der Waals surface area contributed by atoms with Crippen LogP contribution in [0.2, 0.25) is 0 Å². The van der Waals surface area contributed by atoms with Gasteiger partial charge in [-0.2, -0.15) is 0 Å². The molecule has 0 aliphatic rings. The maximum absolute atomic E-state index is 11.9. The minimum atomic E-state index is -0.608. The summed E-state index contributed by atoms with van der Waals surface area (Å²) in [5.74, 6) is 0.131. The molecule has 126 valence electrons. The number of hydrogen-bond acceptors (Lipinski definition) is 5. The molecule has 0 aromatic heterocycles. The number of nitrogens with one attached hydrogen (secondary N) is 1. The van der Waals surface area contributed by atoms with Gasteiger partial charge in [-0.25, -0.2) is 4.79 Å². The second kappa shape index (κ2) is 9.19. The van der Waals surface area contributed by atoms with Gasteiger partial charge in [-0.1, -0.05) is 30.3 Å². The second-order valence-corrected chi connectivity index (χ2v) is 4.79. The zero-order valence-corrected chi connectivity index (χ0v) is 13.4. The van der Waals surface area contributed by atoms with Crippen LogP contribution in [-0.4, -0.2) is 38.7 Å². The maximum Gasteiger partial charge on any atom is 0.342 e. The van der Waals surface area contributed by atoms with Crippen molar-refractivity contribution in [3.63, 3.8) is 0 Å². The van der Waals surface area contributed by atoms with Crippen molar-refractivity contribution in [3.8, 4) is 11.5 Å². The summed E-state index contributed by atoms with van der Waals surface area (Å²) in [6.45, 7) is 0.290. The lowest BCUT2D eigenvalue weighted by Crippen LogP contribution is -2.32. The van der Waals surface area contributed by atoms with E-state index < -0.39 is 11.9 Å². The molecule has 0 heterocycles. The molecule has 0 radical (unpaired) electrons. The Balaban J connectivity index is 1.68. The van der Waals surface area contributed by atoms with Gasteiger partial charge < -0.3 is 19.5 Å². The van der Waals surface area contributed by atoms with Crippen molar-refractivity contribution in [2.75, 3.05) is 26.9 Å². The van der Waals surface area contributed by atoms with Gasteiger partial charge in [0.05, 0.1) is 13.7 Å². The van der Waals surface area contributed by atoms with Crippen LogP contribution in [0.3, 0.4) is 0 Å². The molecule has 0 aliphatic heterocycles. The van der Waals surface area contributed by atoms with E-state index in [0.717, 1.165) is 5.75 Å². The molecule has 6 heteroatoms. The molecule has 24 heavy (non-hydrogen) atoms. The van der Waals surface area contributed by atoms with Gasteiger partial charge in [0.25, 0.3) is 5.91 Å². The first kappa shape index (κ1) is 17.3. The van der Waals surface area contributed by atoms with Crippen molar-refractivity contribution in [2.24, 2.45) is 0 Å². The number of rotatable bonds is 8. The zero-order chi connectivity index (χ0) is 17.2. The van der Waals surface area contributed by atoms with E-state index in [1.165, 1.54) is 7.11 Å². The van der Waals surface area contributed by atoms with Crippen molar-refractivity contribution < 1.29 is 23.8 Å². The van der Waals surface area contributed by atoms with Crippen LogP contribution in [0.15, 0.2) is 54.6 Å². The van der Waals surface area contributed by atoms with Crippen LogP contribution >= 0.6 is 0 Å². The van der Waals surface area contributed by atoms with Gasteiger partial charge >= 0.3 is 5.97 Å². The van der Waals surface area contributed by atoms with Crippen molar-refractivity contribution >= 4 is 11.9 Å². The van der Waals surface area contributed by atoms with Crippen LogP contribution < -0.4 is 14.8 Å². The first-order valence-corrected chi connectivity index (χ1v) is 7.45. The SMILES string of the molecule is COc1ccccc1C(=O)OCC(=O)NCCOc1ccccc1. The van der Waals surface area contributed by atoms with Gasteiger partial charge in [0.1, 0.15) is 23.7 Å². The molecule has 0 spiro atoms. The lowest BCUT2D eigenvalue weighted by Gasteiger charge is -2.09. The summed E-state index contributed by atoms with van der Waals surface area (Å²) in [5.41, 5.74) is 0.278. The van der Waals surface area contributed by atoms with Crippen LogP contribution in [0, 0.1) is 0 Å². The lowest BCUT2D eigenvalue weighted by molar-refractivity contribution is -0.124. The van der Waals surface area contributed by atoms with E-state index in [9.17, 15) is 9.59 Å². The highest BCUT2D eigenvalue weighted by Gasteiger charge is 2.14. The van der Waals surface area contributed by atoms with Crippen molar-refractivity contribution in [1.82, 2.24) is 5.32 Å². The number of benzene rings is 2. The Morgan fingerprint density at radius 1 is 1.00 bits per heavy atom. The number of carbonyl (C=O) groups is 2. The number of para-hydroxylation sites is 2. The monoisotopic (exact) mass is 329 g/mol. The minimum Gasteiger partial charge on any atom is -0.496 e. The normalized spacial score (nSPS) is 9.88. The van der Waals surface area contributed by atoms with Gasteiger partial charge in [0.2, 0.25) is 0 Å². The number of ether oxygens (including phenoxy) is 3. The molecule has 2 aromatic rings. The molecule has 0 unspecified atom stereocenters. The Morgan fingerprint density at radius 3 is 2.46 bits per heavy atom. The molecule has 0 bridgehead atoms. The third-order valence-electron chi connectivity index (χ3n) is 3.10. The highest BCUT2D eigenvalue weighted by atomic mass is 16.5. The Hall–Kier alpha value is -3.02. The summed E-state index contributed by atoms with van der Waals surface area (Å²) in [6, 6.07) is 16.0. The fourth-order valence-electron chi connectivity index (χ4n) is 1.95. The molecule has 0 saturated carbocycles. The Kier molecular flexibility index (Phi) is 6.64. The average Bonchev–Trinajstić information content (AvgIpc) is 2.64. The molecule has 2 rings (SSSR count). The summed E-state index contributed by atoms with van der Waals surface area (Å²) >= 11 is 0. The standard InChI is InChI=1S/C18H19NO5/c1-22-16-10-6-5-9-15(16)18(21)24-13-17(20)19-11-12-23-14-7-3-2-4-8-14/h2-10H,11-13H2,1H3,(H,19,20). The summed E-state index contributed by atoms with van der Waals surface area (Å²) < 4.78 is 15.5. The van der Waals surface area contributed by atoms with Crippen molar-refractivity contribution in [2.45, 2.75) is 0 Å². The third kappa shape index (κ3) is 5.31. The van der Waals surface area contributed by atoms with E-state index in [-0.39, 0.29) is 12.2 Å². The molecular formula is C18H19NO5. The van der Waals surface area contributed by atoms with Crippen molar-refractivity contribution in [1.29, 1.82) is 0 Å². The van der Waals surface area contributed by atoms with E-state index in [0.29, 0.717) is 18.9 Å². The number of methoxy groups -OCH3 is 1. The quantitative estimate of drug-likeness (QED) is 0.593. The maximum atomic E-state index is 11.9. The van der Waals surface area contributed by atoms with E-state index in [1.807, 2.05) is 30.3 Å². The average molecular weight is 329 g/mol. The van der Waals surface area contributed by atoms with Crippen molar-refractivity contribution in [3.05, 3.63) is 60.2 Å². The number of amides is 1. The summed E-state index contributed by atoms with van der Waals surface area (Å²) in [7, 11) is 1.46. The van der Waals surface area contributed by atoms with Crippen LogP contribution in [-0.2, 0) is 9.53 Å². The lowest BCUT2D eigenvalue weighted by atomic mass is 10.2. The number of hydrogen-bond donors (Lipinski definition) is 1. The van der Waals surface area contributed by atoms with E-state index in [1.54, 1.807) is 24.3 Å². The summed E-state index contributed by atoms with van der Waals surface area (Å²) in [5, 5.41) is 2.62. The van der Waals surface area contributed by atoms with Gasteiger partial charge in [-0.3, -0.25) is 4.79 Å². The van der Waals surface area contributed by atoms with Crippen LogP contribution in [0.25, 0.3) is 0 Å². The van der Waals surface area contributed by atoms with Gasteiger partial charge in [-0.15, -0.1) is 0 Å². The highest BCUT2D eigenvalue weighted by molar-refractivity contribution is 5.93. The van der Waals surface area contributed by atoms with Gasteiger partial charge in [0.15, 0.2) is 6.61 Å². The topological polar surface area (TPSA) is 73.9 Å². The Bertz CT molecular complexity index is 672. The number of esters is 1. The van der Waals surface area contributed by atoms with Crippen LogP contribution in [0.5, 0.6) is 11.5 Å². The van der Waals surface area contributed by atoms with Gasteiger partial charge in [0, 0.05) is 0 Å². The Labute approximate surface area is 140 Å². The van der Waals surface area contributed by atoms with E-state index in [4.69, 9.17) is 14.2 Å². The molecule has 0 saturated heterocycles. The molecule has 2 aromatic carbocycles. The third-order valence-corrected chi connectivity index (χ3v) is 3.10. The predicted octanol–water partition coefficient (Wildman–Crippen LogP) is 2.05. The summed E-state index contributed by atoms with van der Waals surface area (Å²) in [6.07, 6.45) is 0. The highest BCUT2D eigenvalue weighted by Crippen LogP contribution is 2.17. The Morgan fingerprint density at radius 2 is 1.71 bits per heavy atom. The molecule has 1 N–H and O–H groups in total. The van der Waals surface area contributed by atoms with Crippen LogP contribution in [0.4, 0.5) is 0 Å². The molecule has 0 fully saturated rings. The molecule has 0 atom stereocenters. The molecule has 0 aliphatic carbocycles. The second-order valence-electron chi connectivity index (χ2n) is 4.79. The minimum absolute atomic E-state index is 0.278. The van der Waals surface area contributed by atoms with E-state index >= 15 is 0 Å².